The van der Waals surface area contributed by atoms with Gasteiger partial charge in [-0.2, -0.15) is 0 Å². The van der Waals surface area contributed by atoms with E-state index in [1.165, 1.54) is 12.8 Å². The number of rotatable bonds is 3. The normalized spacial score (nSPS) is 19.7. The maximum Gasteiger partial charge on any atom is 0.258 e. The number of carbonyl (C=O) groups is 1. The molecular weight excluding hydrogens is 376 g/mol. The number of halogens is 1. The van der Waals surface area contributed by atoms with Crippen molar-refractivity contribution in [2.24, 2.45) is 5.92 Å². The van der Waals surface area contributed by atoms with Crippen LogP contribution in [0.5, 0.6) is 0 Å². The van der Waals surface area contributed by atoms with Gasteiger partial charge in [0.05, 0.1) is 17.4 Å². The molecule has 2 saturated heterocycles. The first-order chi connectivity index (χ1) is 13.6. The highest BCUT2D eigenvalue weighted by molar-refractivity contribution is 6.31. The molecule has 28 heavy (non-hydrogen) atoms. The van der Waals surface area contributed by atoms with E-state index in [4.69, 9.17) is 11.6 Å². The van der Waals surface area contributed by atoms with Gasteiger partial charge in [0.1, 0.15) is 5.82 Å². The first-order valence-electron chi connectivity index (χ1n) is 10.3. The lowest BCUT2D eigenvalue weighted by molar-refractivity contribution is -0.137. The highest BCUT2D eigenvalue weighted by Gasteiger charge is 2.29. The minimum atomic E-state index is -0.136. The Balaban J connectivity index is 1.37. The number of likely N-dealkylation sites (tertiary alicyclic amines) is 2. The van der Waals surface area contributed by atoms with Crippen molar-refractivity contribution in [2.45, 2.75) is 45.1 Å². The van der Waals surface area contributed by atoms with Crippen LogP contribution in [0.3, 0.4) is 0 Å². The molecule has 1 aromatic carbocycles. The Bertz CT molecular complexity index is 897. The number of nitrogens with one attached hydrogen (secondary N) is 1. The van der Waals surface area contributed by atoms with Crippen LogP contribution in [0.1, 0.15) is 44.3 Å². The number of aromatic nitrogens is 2. The Labute approximate surface area is 169 Å². The van der Waals surface area contributed by atoms with E-state index in [1.807, 2.05) is 0 Å². The molecule has 0 saturated carbocycles. The summed E-state index contributed by atoms with van der Waals surface area (Å²) in [6.45, 7) is 4.12. The summed E-state index contributed by atoms with van der Waals surface area (Å²) < 4.78 is 0. The van der Waals surface area contributed by atoms with Crippen LogP contribution in [0.2, 0.25) is 5.02 Å². The third kappa shape index (κ3) is 4.39. The van der Waals surface area contributed by atoms with Gasteiger partial charge >= 0.3 is 0 Å². The van der Waals surface area contributed by atoms with Gasteiger partial charge in [-0.15, -0.1) is 0 Å². The fourth-order valence-corrected chi connectivity index (χ4v) is 4.50. The van der Waals surface area contributed by atoms with Gasteiger partial charge in [-0.25, -0.2) is 4.98 Å². The predicted octanol–water partition coefficient (Wildman–Crippen LogP) is 3.19. The lowest BCUT2D eigenvalue weighted by Crippen LogP contribution is -2.43. The number of nitrogens with zero attached hydrogens (tertiary/aromatic N) is 3. The van der Waals surface area contributed by atoms with E-state index in [0.717, 1.165) is 51.9 Å². The molecule has 150 valence electrons. The molecule has 0 aliphatic carbocycles. The summed E-state index contributed by atoms with van der Waals surface area (Å²) in [7, 11) is 0. The summed E-state index contributed by atoms with van der Waals surface area (Å²) >= 11 is 6.04. The van der Waals surface area contributed by atoms with Crippen molar-refractivity contribution in [3.8, 4) is 0 Å². The smallest absolute Gasteiger partial charge is 0.258 e. The molecule has 1 aromatic heterocycles. The van der Waals surface area contributed by atoms with Crippen molar-refractivity contribution in [1.82, 2.24) is 19.8 Å². The number of fused-ring (bicyclic) bond motifs is 1. The van der Waals surface area contributed by atoms with Gasteiger partial charge in [0, 0.05) is 24.0 Å². The van der Waals surface area contributed by atoms with E-state index >= 15 is 0 Å². The van der Waals surface area contributed by atoms with E-state index in [0.29, 0.717) is 34.2 Å². The van der Waals surface area contributed by atoms with Crippen LogP contribution in [0.15, 0.2) is 23.0 Å². The highest BCUT2D eigenvalue weighted by atomic mass is 35.5. The van der Waals surface area contributed by atoms with Crippen LogP contribution in [0.25, 0.3) is 10.9 Å². The lowest BCUT2D eigenvalue weighted by atomic mass is 9.95. The molecule has 0 atom stereocenters. The second-order valence-corrected chi connectivity index (χ2v) is 8.40. The third-order valence-corrected chi connectivity index (χ3v) is 6.18. The Morgan fingerprint density at radius 1 is 1.11 bits per heavy atom. The molecular formula is C21H27ClN4O2. The van der Waals surface area contributed by atoms with Crippen molar-refractivity contribution in [2.75, 3.05) is 26.2 Å². The quantitative estimate of drug-likeness (QED) is 0.855. The molecule has 0 radical (unpaired) electrons. The number of aromatic amines is 1. The number of amides is 1. The van der Waals surface area contributed by atoms with Crippen molar-refractivity contribution >= 4 is 28.4 Å². The maximum absolute atomic E-state index is 12.8. The SMILES string of the molecule is O=C(C1CCN(Cc2nc3cc(Cl)ccc3c(=O)[nH]2)CC1)N1CCCCCC1. The van der Waals surface area contributed by atoms with E-state index in [-0.39, 0.29) is 11.5 Å². The maximum atomic E-state index is 12.8. The van der Waals surface area contributed by atoms with Gasteiger partial charge in [0.15, 0.2) is 0 Å². The molecule has 1 amide bonds. The fraction of sp³-hybridized carbons (Fsp3) is 0.571. The summed E-state index contributed by atoms with van der Waals surface area (Å²) in [5, 5.41) is 1.12. The zero-order valence-corrected chi connectivity index (χ0v) is 16.9. The van der Waals surface area contributed by atoms with Crippen LogP contribution >= 0.6 is 11.6 Å². The number of hydrogen-bond donors (Lipinski definition) is 1. The molecule has 2 fully saturated rings. The molecule has 1 N–H and O–H groups in total. The van der Waals surface area contributed by atoms with Crippen LogP contribution in [0, 0.1) is 5.92 Å². The third-order valence-electron chi connectivity index (χ3n) is 5.95. The number of carbonyl (C=O) groups excluding carboxylic acids is 1. The number of H-pyrrole nitrogens is 1. The van der Waals surface area contributed by atoms with Gasteiger partial charge in [-0.1, -0.05) is 24.4 Å². The fourth-order valence-electron chi connectivity index (χ4n) is 4.34. The van der Waals surface area contributed by atoms with Gasteiger partial charge < -0.3 is 9.88 Å². The largest absolute Gasteiger partial charge is 0.342 e. The minimum Gasteiger partial charge on any atom is -0.342 e. The molecule has 0 spiro atoms. The number of hydrogen-bond acceptors (Lipinski definition) is 4. The van der Waals surface area contributed by atoms with Crippen molar-refractivity contribution in [1.29, 1.82) is 0 Å². The minimum absolute atomic E-state index is 0.136. The van der Waals surface area contributed by atoms with Gasteiger partial charge in [-0.05, 0) is 57.0 Å². The topological polar surface area (TPSA) is 69.3 Å². The summed E-state index contributed by atoms with van der Waals surface area (Å²) in [4.78, 5) is 36.9. The molecule has 0 bridgehead atoms. The Morgan fingerprint density at radius 3 is 2.54 bits per heavy atom. The molecule has 6 nitrogen and oxygen atoms in total. The Hall–Kier alpha value is -1.92. The summed E-state index contributed by atoms with van der Waals surface area (Å²) in [5.74, 6) is 1.13. The lowest BCUT2D eigenvalue weighted by Gasteiger charge is -2.33. The molecule has 3 heterocycles. The summed E-state index contributed by atoms with van der Waals surface area (Å²) in [5.41, 5.74) is 0.486. The zero-order chi connectivity index (χ0) is 19.5. The molecule has 2 aromatic rings. The first kappa shape index (κ1) is 19.4. The Morgan fingerprint density at radius 2 is 1.82 bits per heavy atom. The molecule has 0 unspecified atom stereocenters. The predicted molar refractivity (Wildman–Crippen MR) is 110 cm³/mol. The zero-order valence-electron chi connectivity index (χ0n) is 16.1. The average Bonchev–Trinajstić information content (AvgIpc) is 2.97. The van der Waals surface area contributed by atoms with Crippen molar-refractivity contribution < 1.29 is 4.79 Å². The molecule has 2 aliphatic rings. The standard InChI is InChI=1S/C21H27ClN4O2/c22-16-5-6-17-18(13-16)23-19(24-20(17)27)14-25-11-7-15(8-12-25)21(28)26-9-3-1-2-4-10-26/h5-6,13,15H,1-4,7-12,14H2,(H,23,24,27). The van der Waals surface area contributed by atoms with Crippen molar-refractivity contribution in [3.63, 3.8) is 0 Å². The monoisotopic (exact) mass is 402 g/mol. The van der Waals surface area contributed by atoms with Crippen LogP contribution in [-0.2, 0) is 11.3 Å². The second-order valence-electron chi connectivity index (χ2n) is 7.96. The van der Waals surface area contributed by atoms with E-state index in [2.05, 4.69) is 19.8 Å². The summed E-state index contributed by atoms with van der Waals surface area (Å²) in [6, 6.07) is 5.13. The number of piperidine rings is 1. The number of benzene rings is 1. The van der Waals surface area contributed by atoms with Gasteiger partial charge in [0.2, 0.25) is 5.91 Å². The average molecular weight is 403 g/mol. The van der Waals surface area contributed by atoms with Crippen molar-refractivity contribution in [3.05, 3.63) is 39.4 Å². The van der Waals surface area contributed by atoms with E-state index in [1.54, 1.807) is 18.2 Å². The Kier molecular flexibility index (Phi) is 5.97. The van der Waals surface area contributed by atoms with Crippen LogP contribution < -0.4 is 5.56 Å². The van der Waals surface area contributed by atoms with Crippen LogP contribution in [-0.4, -0.2) is 51.9 Å². The first-order valence-corrected chi connectivity index (χ1v) is 10.7. The van der Waals surface area contributed by atoms with Gasteiger partial charge in [-0.3, -0.25) is 14.5 Å². The summed E-state index contributed by atoms with van der Waals surface area (Å²) in [6.07, 6.45) is 6.50. The second kappa shape index (κ2) is 8.62. The van der Waals surface area contributed by atoms with E-state index < -0.39 is 0 Å². The van der Waals surface area contributed by atoms with Gasteiger partial charge in [0.25, 0.3) is 5.56 Å². The molecule has 4 rings (SSSR count). The highest BCUT2D eigenvalue weighted by Crippen LogP contribution is 2.23. The molecule has 7 heteroatoms. The van der Waals surface area contributed by atoms with E-state index in [9.17, 15) is 9.59 Å². The van der Waals surface area contributed by atoms with Crippen LogP contribution in [0.4, 0.5) is 0 Å². The molecule has 2 aliphatic heterocycles.